The zero-order valence-corrected chi connectivity index (χ0v) is 18.7. The molecule has 1 fully saturated rings. The third kappa shape index (κ3) is 3.64. The number of fused-ring (bicyclic) bond motifs is 3. The Morgan fingerprint density at radius 1 is 0.875 bits per heavy atom. The number of carbonyl (C=O) groups excluding carboxylic acids is 1. The Morgan fingerprint density at radius 2 is 1.59 bits per heavy atom. The van der Waals surface area contributed by atoms with E-state index in [2.05, 4.69) is 12.1 Å². The smallest absolute Gasteiger partial charge is 0.264 e. The van der Waals surface area contributed by atoms with Gasteiger partial charge in [-0.05, 0) is 53.8 Å². The molecule has 1 amide bonds. The molecule has 1 saturated heterocycles. The SMILES string of the molecule is O=C(c1cc2c(s1)-c1ccccc1CC2)N1CCN(S(=O)(=O)c2ccc(F)c(F)c2)CC1. The van der Waals surface area contributed by atoms with Crippen molar-refractivity contribution in [2.45, 2.75) is 17.7 Å². The van der Waals surface area contributed by atoms with Gasteiger partial charge in [-0.2, -0.15) is 4.31 Å². The Balaban J connectivity index is 1.31. The van der Waals surface area contributed by atoms with E-state index in [1.807, 2.05) is 18.2 Å². The lowest BCUT2D eigenvalue weighted by Gasteiger charge is -2.33. The van der Waals surface area contributed by atoms with Crippen molar-refractivity contribution in [2.24, 2.45) is 0 Å². The standard InChI is InChI=1S/C23H20F2N2O3S2/c24-19-8-7-17(14-20(19)25)32(29,30)27-11-9-26(10-12-27)23(28)21-13-16-6-5-15-3-1-2-4-18(15)22(16)31-21/h1-4,7-8,13-14H,5-6,9-12H2. The van der Waals surface area contributed by atoms with Gasteiger partial charge in [0.15, 0.2) is 11.6 Å². The van der Waals surface area contributed by atoms with E-state index in [9.17, 15) is 22.0 Å². The highest BCUT2D eigenvalue weighted by Gasteiger charge is 2.32. The lowest BCUT2D eigenvalue weighted by molar-refractivity contribution is 0.0702. The van der Waals surface area contributed by atoms with Gasteiger partial charge >= 0.3 is 0 Å². The zero-order chi connectivity index (χ0) is 22.5. The molecule has 5 nitrogen and oxygen atoms in total. The van der Waals surface area contributed by atoms with E-state index in [0.717, 1.165) is 29.9 Å². The van der Waals surface area contributed by atoms with Crippen LogP contribution in [0.3, 0.4) is 0 Å². The fraction of sp³-hybridized carbons (Fsp3) is 0.261. The van der Waals surface area contributed by atoms with Crippen LogP contribution < -0.4 is 0 Å². The van der Waals surface area contributed by atoms with Gasteiger partial charge in [0, 0.05) is 31.1 Å². The summed E-state index contributed by atoms with van der Waals surface area (Å²) in [5.74, 6) is -2.41. The number of amides is 1. The molecule has 5 rings (SSSR count). The molecule has 2 aromatic carbocycles. The molecular weight excluding hydrogens is 454 g/mol. The summed E-state index contributed by atoms with van der Waals surface area (Å²) < 4.78 is 53.5. The van der Waals surface area contributed by atoms with Crippen LogP contribution in [0.15, 0.2) is 53.4 Å². The molecule has 0 unspecified atom stereocenters. The van der Waals surface area contributed by atoms with E-state index < -0.39 is 21.7 Å². The molecule has 2 aliphatic rings. The van der Waals surface area contributed by atoms with Gasteiger partial charge in [-0.15, -0.1) is 11.3 Å². The van der Waals surface area contributed by atoms with Gasteiger partial charge < -0.3 is 4.90 Å². The van der Waals surface area contributed by atoms with Crippen LogP contribution in [-0.4, -0.2) is 49.7 Å². The summed E-state index contributed by atoms with van der Waals surface area (Å²) in [6.07, 6.45) is 1.85. The molecule has 1 aliphatic heterocycles. The number of sulfonamides is 1. The van der Waals surface area contributed by atoms with Crippen LogP contribution in [0.4, 0.5) is 8.78 Å². The Kier molecular flexibility index (Phi) is 5.35. The molecule has 166 valence electrons. The maximum atomic E-state index is 13.5. The van der Waals surface area contributed by atoms with E-state index in [0.29, 0.717) is 10.9 Å². The van der Waals surface area contributed by atoms with Crippen molar-refractivity contribution < 1.29 is 22.0 Å². The van der Waals surface area contributed by atoms with E-state index >= 15 is 0 Å². The minimum atomic E-state index is -3.96. The lowest BCUT2D eigenvalue weighted by atomic mass is 9.91. The number of aryl methyl sites for hydroxylation is 2. The summed E-state index contributed by atoms with van der Waals surface area (Å²) in [6, 6.07) is 12.7. The second kappa shape index (κ2) is 8.06. The van der Waals surface area contributed by atoms with Crippen molar-refractivity contribution in [3.63, 3.8) is 0 Å². The van der Waals surface area contributed by atoms with Crippen molar-refractivity contribution in [3.8, 4) is 10.4 Å². The summed E-state index contributed by atoms with van der Waals surface area (Å²) in [6.45, 7) is 0.670. The van der Waals surface area contributed by atoms with Crippen LogP contribution in [0.25, 0.3) is 10.4 Å². The molecule has 32 heavy (non-hydrogen) atoms. The summed E-state index contributed by atoms with van der Waals surface area (Å²) in [4.78, 5) is 16.3. The summed E-state index contributed by atoms with van der Waals surface area (Å²) in [7, 11) is -3.96. The highest BCUT2D eigenvalue weighted by atomic mass is 32.2. The second-order valence-corrected chi connectivity index (χ2v) is 10.9. The number of nitrogens with zero attached hydrogens (tertiary/aromatic N) is 2. The van der Waals surface area contributed by atoms with Crippen molar-refractivity contribution >= 4 is 27.3 Å². The minimum Gasteiger partial charge on any atom is -0.335 e. The summed E-state index contributed by atoms with van der Waals surface area (Å²) in [5, 5.41) is 0. The first-order valence-corrected chi connectivity index (χ1v) is 12.6. The van der Waals surface area contributed by atoms with Gasteiger partial charge in [-0.1, -0.05) is 24.3 Å². The Hall–Kier alpha value is -2.62. The molecule has 0 spiro atoms. The second-order valence-electron chi connectivity index (χ2n) is 7.89. The number of hydrogen-bond donors (Lipinski definition) is 0. The number of benzene rings is 2. The number of carbonyl (C=O) groups is 1. The molecule has 1 aliphatic carbocycles. The van der Waals surface area contributed by atoms with E-state index in [1.54, 1.807) is 4.90 Å². The molecule has 0 N–H and O–H groups in total. The topological polar surface area (TPSA) is 57.7 Å². The number of thiophene rings is 1. The van der Waals surface area contributed by atoms with Crippen molar-refractivity contribution in [1.29, 1.82) is 0 Å². The molecule has 9 heteroatoms. The fourth-order valence-electron chi connectivity index (χ4n) is 4.25. The predicted octanol–water partition coefficient (Wildman–Crippen LogP) is 3.94. The van der Waals surface area contributed by atoms with Gasteiger partial charge in [0.25, 0.3) is 5.91 Å². The molecular formula is C23H20F2N2O3S2. The third-order valence-corrected chi connectivity index (χ3v) is 9.09. The molecule has 0 radical (unpaired) electrons. The zero-order valence-electron chi connectivity index (χ0n) is 17.1. The minimum absolute atomic E-state index is 0.0982. The molecule has 2 heterocycles. The van der Waals surface area contributed by atoms with Crippen molar-refractivity contribution in [1.82, 2.24) is 9.21 Å². The maximum absolute atomic E-state index is 13.5. The first-order chi connectivity index (χ1) is 15.3. The van der Waals surface area contributed by atoms with Crippen LogP contribution in [-0.2, 0) is 22.9 Å². The van der Waals surface area contributed by atoms with Crippen LogP contribution in [0.5, 0.6) is 0 Å². The molecule has 3 aromatic rings. The van der Waals surface area contributed by atoms with Gasteiger partial charge in [0.05, 0.1) is 9.77 Å². The van der Waals surface area contributed by atoms with E-state index in [-0.39, 0.29) is 37.0 Å². The van der Waals surface area contributed by atoms with E-state index in [1.165, 1.54) is 32.3 Å². The van der Waals surface area contributed by atoms with Gasteiger partial charge in [0.1, 0.15) is 0 Å². The van der Waals surface area contributed by atoms with Crippen LogP contribution in [0, 0.1) is 11.6 Å². The average Bonchev–Trinajstić information content (AvgIpc) is 3.25. The highest BCUT2D eigenvalue weighted by molar-refractivity contribution is 7.89. The monoisotopic (exact) mass is 474 g/mol. The highest BCUT2D eigenvalue weighted by Crippen LogP contribution is 2.40. The first kappa shape index (κ1) is 21.2. The van der Waals surface area contributed by atoms with Gasteiger partial charge in [0.2, 0.25) is 10.0 Å². The third-order valence-electron chi connectivity index (χ3n) is 6.00. The van der Waals surface area contributed by atoms with Gasteiger partial charge in [-0.3, -0.25) is 4.79 Å². The van der Waals surface area contributed by atoms with E-state index in [4.69, 9.17) is 0 Å². The van der Waals surface area contributed by atoms with Crippen molar-refractivity contribution in [3.05, 3.63) is 76.2 Å². The van der Waals surface area contributed by atoms with Crippen LogP contribution in [0.2, 0.25) is 0 Å². The molecule has 0 bridgehead atoms. The molecule has 0 saturated carbocycles. The Morgan fingerprint density at radius 3 is 2.34 bits per heavy atom. The number of piperazine rings is 1. The number of halogens is 2. The number of rotatable bonds is 3. The summed E-state index contributed by atoms with van der Waals surface area (Å²) >= 11 is 1.49. The maximum Gasteiger partial charge on any atom is 0.264 e. The van der Waals surface area contributed by atoms with Crippen LogP contribution >= 0.6 is 11.3 Å². The first-order valence-electron chi connectivity index (χ1n) is 10.3. The quantitative estimate of drug-likeness (QED) is 0.578. The fourth-order valence-corrected chi connectivity index (χ4v) is 6.92. The van der Waals surface area contributed by atoms with Crippen molar-refractivity contribution in [2.75, 3.05) is 26.2 Å². The van der Waals surface area contributed by atoms with Gasteiger partial charge in [-0.25, -0.2) is 17.2 Å². The molecule has 1 aromatic heterocycles. The average molecular weight is 475 g/mol. The Labute approximate surface area is 189 Å². The largest absolute Gasteiger partial charge is 0.335 e. The Bertz CT molecular complexity index is 1310. The predicted molar refractivity (Wildman–Crippen MR) is 118 cm³/mol. The number of hydrogen-bond acceptors (Lipinski definition) is 4. The molecule has 0 atom stereocenters. The van der Waals surface area contributed by atoms with Crippen LogP contribution in [0.1, 0.15) is 20.8 Å². The normalized spacial score (nSPS) is 16.5. The summed E-state index contributed by atoms with van der Waals surface area (Å²) in [5.41, 5.74) is 3.65. The lowest BCUT2D eigenvalue weighted by Crippen LogP contribution is -2.50.